The van der Waals surface area contributed by atoms with E-state index in [4.69, 9.17) is 9.47 Å². The molecule has 158 valence electrons. The molecule has 2 heterocycles. The van der Waals surface area contributed by atoms with Gasteiger partial charge in [0.2, 0.25) is 0 Å². The van der Waals surface area contributed by atoms with Crippen LogP contribution in [0.15, 0.2) is 42.5 Å². The highest BCUT2D eigenvalue weighted by Gasteiger charge is 2.25. The minimum Gasteiger partial charge on any atom is -0.490 e. The molecule has 0 aromatic heterocycles. The molecule has 2 aliphatic rings. The van der Waals surface area contributed by atoms with Gasteiger partial charge in [0.05, 0.1) is 12.2 Å². The lowest BCUT2D eigenvalue weighted by molar-refractivity contribution is -0.134. The molecule has 0 saturated carbocycles. The lowest BCUT2D eigenvalue weighted by Gasteiger charge is -2.29. The van der Waals surface area contributed by atoms with Gasteiger partial charge in [-0.2, -0.15) is 0 Å². The van der Waals surface area contributed by atoms with Crippen molar-refractivity contribution < 1.29 is 19.1 Å². The van der Waals surface area contributed by atoms with Crippen LogP contribution < -0.4 is 20.1 Å². The average Bonchev–Trinajstić information content (AvgIpc) is 2.79. The average molecular weight is 409 g/mol. The first kappa shape index (κ1) is 20.1. The zero-order valence-corrected chi connectivity index (χ0v) is 17.1. The summed E-state index contributed by atoms with van der Waals surface area (Å²) in [7, 11) is 0. The zero-order valence-electron chi connectivity index (χ0n) is 17.1. The highest BCUT2D eigenvalue weighted by atomic mass is 16.5. The van der Waals surface area contributed by atoms with E-state index in [2.05, 4.69) is 10.6 Å². The van der Waals surface area contributed by atoms with Crippen molar-refractivity contribution in [2.45, 2.75) is 32.4 Å². The number of hydrogen-bond donors (Lipinski definition) is 2. The van der Waals surface area contributed by atoms with Crippen molar-refractivity contribution in [2.75, 3.05) is 31.6 Å². The van der Waals surface area contributed by atoms with Gasteiger partial charge in [-0.15, -0.1) is 0 Å². The van der Waals surface area contributed by atoms with Crippen LogP contribution in [-0.4, -0.2) is 43.0 Å². The van der Waals surface area contributed by atoms with Gasteiger partial charge in [-0.05, 0) is 56.0 Å². The van der Waals surface area contributed by atoms with Crippen LogP contribution in [0.2, 0.25) is 0 Å². The molecule has 4 rings (SSSR count). The number of fused-ring (bicyclic) bond motifs is 1. The molecule has 2 aromatic rings. The van der Waals surface area contributed by atoms with Gasteiger partial charge in [0, 0.05) is 18.8 Å². The van der Waals surface area contributed by atoms with Gasteiger partial charge in [0.15, 0.2) is 18.1 Å². The van der Waals surface area contributed by atoms with Crippen molar-refractivity contribution in [2.24, 2.45) is 0 Å². The van der Waals surface area contributed by atoms with Gasteiger partial charge < -0.3 is 25.0 Å². The van der Waals surface area contributed by atoms with E-state index in [0.717, 1.165) is 37.2 Å². The maximum Gasteiger partial charge on any atom is 0.260 e. The molecule has 7 heteroatoms. The van der Waals surface area contributed by atoms with E-state index in [1.165, 1.54) is 6.42 Å². The molecular formula is C23H27N3O4. The third kappa shape index (κ3) is 4.35. The largest absolute Gasteiger partial charge is 0.490 e. The van der Waals surface area contributed by atoms with Crippen LogP contribution in [0.25, 0.3) is 0 Å². The Morgan fingerprint density at radius 1 is 1.03 bits per heavy atom. The molecular weight excluding hydrogens is 382 g/mol. The number of para-hydroxylation sites is 1. The number of piperidine rings is 1. The molecule has 0 radical (unpaired) electrons. The van der Waals surface area contributed by atoms with Crippen LogP contribution in [0.1, 0.15) is 48.3 Å². The summed E-state index contributed by atoms with van der Waals surface area (Å²) in [4.78, 5) is 26.7. The third-order valence-corrected chi connectivity index (χ3v) is 5.41. The van der Waals surface area contributed by atoms with Crippen molar-refractivity contribution in [1.82, 2.24) is 10.2 Å². The first-order chi connectivity index (χ1) is 14.7. The first-order valence-electron chi connectivity index (χ1n) is 10.5. The standard InChI is InChI=1S/C23H27N3O4/c1-2-29-20-14-16(22-24-18-9-5-4-8-17(18)23(28)25-22)10-11-19(20)30-15-21(27)26-12-6-3-7-13-26/h4-5,8-11,14,22,24H,2-3,6-7,12-13,15H2,1H3,(H,25,28). The number of nitrogens with one attached hydrogen (secondary N) is 2. The smallest absolute Gasteiger partial charge is 0.260 e. The second-order valence-corrected chi connectivity index (χ2v) is 7.47. The summed E-state index contributed by atoms with van der Waals surface area (Å²) in [5, 5.41) is 6.30. The van der Waals surface area contributed by atoms with E-state index >= 15 is 0 Å². The minimum absolute atomic E-state index is 0.000887. The third-order valence-electron chi connectivity index (χ3n) is 5.41. The van der Waals surface area contributed by atoms with E-state index in [1.54, 1.807) is 12.1 Å². The number of hydrogen-bond acceptors (Lipinski definition) is 5. The first-order valence-corrected chi connectivity index (χ1v) is 10.5. The molecule has 0 spiro atoms. The van der Waals surface area contributed by atoms with E-state index in [1.807, 2.05) is 42.2 Å². The van der Waals surface area contributed by atoms with Crippen molar-refractivity contribution in [3.8, 4) is 11.5 Å². The summed E-state index contributed by atoms with van der Waals surface area (Å²) in [6.45, 7) is 3.95. The Balaban J connectivity index is 1.48. The van der Waals surface area contributed by atoms with Gasteiger partial charge in [0.1, 0.15) is 6.17 Å². The molecule has 1 saturated heterocycles. The fourth-order valence-electron chi connectivity index (χ4n) is 3.84. The maximum absolute atomic E-state index is 12.4. The normalized spacial score (nSPS) is 18.1. The van der Waals surface area contributed by atoms with E-state index in [9.17, 15) is 9.59 Å². The lowest BCUT2D eigenvalue weighted by Crippen LogP contribution is -2.38. The SMILES string of the molecule is CCOc1cc(C2NC(=O)c3ccccc3N2)ccc1OCC(=O)N1CCCCC1. The topological polar surface area (TPSA) is 79.9 Å². The highest BCUT2D eigenvalue weighted by molar-refractivity contribution is 6.01. The Labute approximate surface area is 176 Å². The second-order valence-electron chi connectivity index (χ2n) is 7.47. The summed E-state index contributed by atoms with van der Waals surface area (Å²) >= 11 is 0. The zero-order chi connectivity index (χ0) is 20.9. The predicted molar refractivity (Wildman–Crippen MR) is 114 cm³/mol. The van der Waals surface area contributed by atoms with Crippen LogP contribution in [0, 0.1) is 0 Å². The van der Waals surface area contributed by atoms with Crippen LogP contribution in [-0.2, 0) is 4.79 Å². The number of anilines is 1. The van der Waals surface area contributed by atoms with Crippen LogP contribution in [0.3, 0.4) is 0 Å². The highest BCUT2D eigenvalue weighted by Crippen LogP contribution is 2.33. The van der Waals surface area contributed by atoms with Gasteiger partial charge in [-0.3, -0.25) is 9.59 Å². The number of amides is 2. The molecule has 30 heavy (non-hydrogen) atoms. The molecule has 0 aliphatic carbocycles. The van der Waals surface area contributed by atoms with Crippen molar-refractivity contribution in [3.05, 3.63) is 53.6 Å². The molecule has 2 amide bonds. The summed E-state index contributed by atoms with van der Waals surface area (Å²) in [5.74, 6) is 0.948. The summed E-state index contributed by atoms with van der Waals surface area (Å²) in [6, 6.07) is 12.9. The quantitative estimate of drug-likeness (QED) is 0.765. The van der Waals surface area contributed by atoms with Gasteiger partial charge in [-0.1, -0.05) is 18.2 Å². The van der Waals surface area contributed by atoms with Crippen molar-refractivity contribution in [1.29, 1.82) is 0 Å². The fraction of sp³-hybridized carbons (Fsp3) is 0.391. The van der Waals surface area contributed by atoms with Gasteiger partial charge in [0.25, 0.3) is 11.8 Å². The number of ether oxygens (including phenoxy) is 2. The summed E-state index contributed by atoms with van der Waals surface area (Å²) in [5.41, 5.74) is 2.25. The number of nitrogens with zero attached hydrogens (tertiary/aromatic N) is 1. The number of likely N-dealkylation sites (tertiary alicyclic amines) is 1. The van der Waals surface area contributed by atoms with E-state index in [-0.39, 0.29) is 24.6 Å². The van der Waals surface area contributed by atoms with Gasteiger partial charge >= 0.3 is 0 Å². The molecule has 1 atom stereocenters. The Morgan fingerprint density at radius 3 is 2.63 bits per heavy atom. The molecule has 0 bridgehead atoms. The summed E-state index contributed by atoms with van der Waals surface area (Å²) in [6.07, 6.45) is 2.90. The predicted octanol–water partition coefficient (Wildman–Crippen LogP) is 3.33. The molecule has 7 nitrogen and oxygen atoms in total. The molecule has 2 aromatic carbocycles. The van der Waals surface area contributed by atoms with E-state index < -0.39 is 0 Å². The fourth-order valence-corrected chi connectivity index (χ4v) is 3.84. The Hall–Kier alpha value is -3.22. The van der Waals surface area contributed by atoms with Crippen molar-refractivity contribution >= 4 is 17.5 Å². The lowest BCUT2D eigenvalue weighted by atomic mass is 10.1. The monoisotopic (exact) mass is 409 g/mol. The molecule has 2 aliphatic heterocycles. The van der Waals surface area contributed by atoms with Gasteiger partial charge in [-0.25, -0.2) is 0 Å². The maximum atomic E-state index is 12.4. The number of carbonyl (C=O) groups is 2. The van der Waals surface area contributed by atoms with Crippen molar-refractivity contribution in [3.63, 3.8) is 0 Å². The van der Waals surface area contributed by atoms with E-state index in [0.29, 0.717) is 23.7 Å². The Kier molecular flexibility index (Phi) is 6.07. The van der Waals surface area contributed by atoms with Crippen LogP contribution in [0.4, 0.5) is 5.69 Å². The minimum atomic E-state index is -0.379. The summed E-state index contributed by atoms with van der Waals surface area (Å²) < 4.78 is 11.6. The molecule has 2 N–H and O–H groups in total. The molecule has 1 fully saturated rings. The number of benzene rings is 2. The second kappa shape index (κ2) is 9.07. The van der Waals surface area contributed by atoms with Crippen LogP contribution in [0.5, 0.6) is 11.5 Å². The Bertz CT molecular complexity index is 924. The number of carbonyl (C=O) groups excluding carboxylic acids is 2. The Morgan fingerprint density at radius 2 is 1.83 bits per heavy atom. The van der Waals surface area contributed by atoms with Crippen LogP contribution >= 0.6 is 0 Å². The number of rotatable bonds is 6. The molecule has 1 unspecified atom stereocenters.